The third-order valence-electron chi connectivity index (χ3n) is 3.22. The van der Waals surface area contributed by atoms with Gasteiger partial charge in [0.2, 0.25) is 5.91 Å². The predicted octanol–water partition coefficient (Wildman–Crippen LogP) is 1.11. The van der Waals surface area contributed by atoms with Gasteiger partial charge in [-0.2, -0.15) is 0 Å². The minimum Gasteiger partial charge on any atom is -0.389 e. The Morgan fingerprint density at radius 2 is 2.16 bits per heavy atom. The summed E-state index contributed by atoms with van der Waals surface area (Å²) >= 11 is 0. The SMILES string of the molecule is CNC1C(=O)Nc2cc(N(C)CC(C)(C)O)ccc21. The second-order valence-corrected chi connectivity index (χ2v) is 5.65. The number of rotatable bonds is 4. The lowest BCUT2D eigenvalue weighted by molar-refractivity contribution is -0.117. The van der Waals surface area contributed by atoms with Gasteiger partial charge in [0.25, 0.3) is 0 Å². The van der Waals surface area contributed by atoms with Crippen LogP contribution in [0.4, 0.5) is 11.4 Å². The summed E-state index contributed by atoms with van der Waals surface area (Å²) in [6, 6.07) is 5.58. The number of anilines is 2. The molecule has 19 heavy (non-hydrogen) atoms. The Bertz CT molecular complexity index is 494. The first kappa shape index (κ1) is 13.8. The van der Waals surface area contributed by atoms with Gasteiger partial charge >= 0.3 is 0 Å². The van der Waals surface area contributed by atoms with Crippen molar-refractivity contribution < 1.29 is 9.90 Å². The van der Waals surface area contributed by atoms with E-state index in [4.69, 9.17) is 0 Å². The van der Waals surface area contributed by atoms with Crippen molar-refractivity contribution in [2.24, 2.45) is 0 Å². The normalized spacial score (nSPS) is 18.2. The molecule has 5 heteroatoms. The maximum Gasteiger partial charge on any atom is 0.246 e. The molecule has 2 rings (SSSR count). The Hall–Kier alpha value is -1.59. The van der Waals surface area contributed by atoms with Crippen LogP contribution in [0, 0.1) is 0 Å². The summed E-state index contributed by atoms with van der Waals surface area (Å²) in [7, 11) is 3.69. The van der Waals surface area contributed by atoms with Crippen LogP contribution in [0.15, 0.2) is 18.2 Å². The van der Waals surface area contributed by atoms with Crippen molar-refractivity contribution in [1.82, 2.24) is 5.32 Å². The number of nitrogens with one attached hydrogen (secondary N) is 2. The Morgan fingerprint density at radius 1 is 1.47 bits per heavy atom. The lowest BCUT2D eigenvalue weighted by atomic mass is 10.1. The number of fused-ring (bicyclic) bond motifs is 1. The fraction of sp³-hybridized carbons (Fsp3) is 0.500. The maximum atomic E-state index is 11.7. The minimum atomic E-state index is -0.759. The molecule has 0 saturated carbocycles. The van der Waals surface area contributed by atoms with Crippen molar-refractivity contribution in [1.29, 1.82) is 0 Å². The van der Waals surface area contributed by atoms with Crippen LogP contribution >= 0.6 is 0 Å². The topological polar surface area (TPSA) is 64.6 Å². The molecule has 3 N–H and O–H groups in total. The molecule has 0 spiro atoms. The molecule has 0 radical (unpaired) electrons. The van der Waals surface area contributed by atoms with E-state index in [0.29, 0.717) is 6.54 Å². The number of amides is 1. The Balaban J connectivity index is 2.24. The van der Waals surface area contributed by atoms with Crippen molar-refractivity contribution in [2.45, 2.75) is 25.5 Å². The van der Waals surface area contributed by atoms with E-state index in [1.54, 1.807) is 20.9 Å². The molecular formula is C14H21N3O2. The summed E-state index contributed by atoms with van der Waals surface area (Å²) in [6.07, 6.45) is 0. The largest absolute Gasteiger partial charge is 0.389 e. The Morgan fingerprint density at radius 3 is 2.74 bits per heavy atom. The monoisotopic (exact) mass is 263 g/mol. The lowest BCUT2D eigenvalue weighted by Crippen LogP contribution is -2.36. The standard InChI is InChI=1S/C14H21N3O2/c1-14(2,19)8-17(4)9-5-6-10-11(7-9)16-13(18)12(10)15-3/h5-7,12,15,19H,8H2,1-4H3,(H,16,18). The third-order valence-corrected chi connectivity index (χ3v) is 3.22. The number of nitrogens with zero attached hydrogens (tertiary/aromatic N) is 1. The Kier molecular flexibility index (Phi) is 3.52. The van der Waals surface area contributed by atoms with E-state index in [2.05, 4.69) is 10.6 Å². The second kappa shape index (κ2) is 4.83. The molecule has 1 heterocycles. The molecule has 5 nitrogen and oxygen atoms in total. The van der Waals surface area contributed by atoms with E-state index in [0.717, 1.165) is 16.9 Å². The van der Waals surface area contributed by atoms with E-state index in [9.17, 15) is 9.90 Å². The molecule has 0 fully saturated rings. The second-order valence-electron chi connectivity index (χ2n) is 5.65. The fourth-order valence-electron chi connectivity index (χ4n) is 2.45. The van der Waals surface area contributed by atoms with Gasteiger partial charge in [0.15, 0.2) is 0 Å². The highest BCUT2D eigenvalue weighted by atomic mass is 16.3. The van der Waals surface area contributed by atoms with Crippen LogP contribution in [0.25, 0.3) is 0 Å². The zero-order valence-electron chi connectivity index (χ0n) is 11.8. The predicted molar refractivity (Wildman–Crippen MR) is 76.4 cm³/mol. The molecule has 104 valence electrons. The number of aliphatic hydroxyl groups is 1. The summed E-state index contributed by atoms with van der Waals surface area (Å²) in [6.45, 7) is 4.07. The van der Waals surface area contributed by atoms with E-state index in [1.807, 2.05) is 30.1 Å². The van der Waals surface area contributed by atoms with Gasteiger partial charge in [-0.3, -0.25) is 4.79 Å². The summed E-state index contributed by atoms with van der Waals surface area (Å²) < 4.78 is 0. The molecule has 1 aromatic rings. The van der Waals surface area contributed by atoms with Crippen LogP contribution in [-0.2, 0) is 4.79 Å². The van der Waals surface area contributed by atoms with E-state index < -0.39 is 5.60 Å². The van der Waals surface area contributed by atoms with Crippen LogP contribution in [0.3, 0.4) is 0 Å². The van der Waals surface area contributed by atoms with Gasteiger partial charge in [-0.25, -0.2) is 0 Å². The molecule has 1 aromatic carbocycles. The van der Waals surface area contributed by atoms with Gasteiger partial charge < -0.3 is 20.6 Å². The molecular weight excluding hydrogens is 242 g/mol. The molecule has 1 amide bonds. The van der Waals surface area contributed by atoms with Crippen LogP contribution in [0.5, 0.6) is 0 Å². The molecule has 1 unspecified atom stereocenters. The van der Waals surface area contributed by atoms with Crippen molar-refractivity contribution in [3.63, 3.8) is 0 Å². The summed E-state index contributed by atoms with van der Waals surface area (Å²) in [5, 5.41) is 15.7. The molecule has 0 saturated heterocycles. The first-order valence-electron chi connectivity index (χ1n) is 6.37. The number of likely N-dealkylation sites (N-methyl/N-ethyl adjacent to an activating group) is 2. The van der Waals surface area contributed by atoms with Crippen LogP contribution in [0.2, 0.25) is 0 Å². The van der Waals surface area contributed by atoms with E-state index in [-0.39, 0.29) is 11.9 Å². The zero-order valence-corrected chi connectivity index (χ0v) is 11.8. The van der Waals surface area contributed by atoms with Crippen LogP contribution in [-0.4, -0.2) is 37.3 Å². The van der Waals surface area contributed by atoms with Crippen LogP contribution in [0.1, 0.15) is 25.5 Å². The van der Waals surface area contributed by atoms with Gasteiger partial charge in [-0.05, 0) is 33.0 Å². The minimum absolute atomic E-state index is 0.0280. The van der Waals surface area contributed by atoms with Crippen molar-refractivity contribution in [3.8, 4) is 0 Å². The summed E-state index contributed by atoms with van der Waals surface area (Å²) in [5.41, 5.74) is 2.01. The first-order chi connectivity index (χ1) is 8.81. The van der Waals surface area contributed by atoms with Gasteiger partial charge in [-0.1, -0.05) is 6.07 Å². The molecule has 1 aliphatic heterocycles. The summed E-state index contributed by atoms with van der Waals surface area (Å²) in [4.78, 5) is 13.7. The van der Waals surface area contributed by atoms with Gasteiger partial charge in [-0.15, -0.1) is 0 Å². The highest BCUT2D eigenvalue weighted by Gasteiger charge is 2.29. The average molecular weight is 263 g/mol. The molecule has 0 aliphatic carbocycles. The smallest absolute Gasteiger partial charge is 0.246 e. The number of carbonyl (C=O) groups excluding carboxylic acids is 1. The highest BCUT2D eigenvalue weighted by molar-refractivity contribution is 6.03. The quantitative estimate of drug-likeness (QED) is 0.761. The maximum absolute atomic E-state index is 11.7. The van der Waals surface area contributed by atoms with Crippen LogP contribution < -0.4 is 15.5 Å². The lowest BCUT2D eigenvalue weighted by Gasteiger charge is -2.27. The van der Waals surface area contributed by atoms with Gasteiger partial charge in [0, 0.05) is 30.5 Å². The number of hydrogen-bond donors (Lipinski definition) is 3. The number of carbonyl (C=O) groups is 1. The zero-order chi connectivity index (χ0) is 14.2. The third kappa shape index (κ3) is 2.88. The van der Waals surface area contributed by atoms with E-state index >= 15 is 0 Å². The fourth-order valence-corrected chi connectivity index (χ4v) is 2.45. The van der Waals surface area contributed by atoms with Crippen molar-refractivity contribution >= 4 is 17.3 Å². The molecule has 0 bridgehead atoms. The molecule has 1 aliphatic rings. The molecule has 0 aromatic heterocycles. The average Bonchev–Trinajstić information content (AvgIpc) is 2.60. The van der Waals surface area contributed by atoms with Gasteiger partial charge in [0.1, 0.15) is 6.04 Å². The van der Waals surface area contributed by atoms with E-state index in [1.165, 1.54) is 0 Å². The first-order valence-corrected chi connectivity index (χ1v) is 6.37. The van der Waals surface area contributed by atoms with Crippen molar-refractivity contribution in [3.05, 3.63) is 23.8 Å². The van der Waals surface area contributed by atoms with Gasteiger partial charge in [0.05, 0.1) is 5.60 Å². The Labute approximate surface area is 113 Å². The summed E-state index contributed by atoms with van der Waals surface area (Å²) in [5.74, 6) is -0.0280. The van der Waals surface area contributed by atoms with Crippen molar-refractivity contribution in [2.75, 3.05) is 30.9 Å². The number of benzene rings is 1. The number of hydrogen-bond acceptors (Lipinski definition) is 4. The highest BCUT2D eigenvalue weighted by Crippen LogP contribution is 2.33. The molecule has 1 atom stereocenters.